The molecule has 0 atom stereocenters. The largest absolute Gasteiger partial charge is 0.456 e. The van der Waals surface area contributed by atoms with Gasteiger partial charge in [-0.05, 0) is 88.5 Å². The molecule has 51 heavy (non-hydrogen) atoms. The second-order valence-corrected chi connectivity index (χ2v) is 13.4. The number of hydrogen-bond donors (Lipinski definition) is 1. The van der Waals surface area contributed by atoms with E-state index in [1.807, 2.05) is 12.1 Å². The zero-order chi connectivity index (χ0) is 33.5. The summed E-state index contributed by atoms with van der Waals surface area (Å²) in [6, 6.07) is 63.3. The van der Waals surface area contributed by atoms with Crippen LogP contribution in [0.3, 0.4) is 0 Å². The van der Waals surface area contributed by atoms with Gasteiger partial charge in [0.1, 0.15) is 11.2 Å². The maximum absolute atomic E-state index is 6.09. The number of benzene rings is 8. The summed E-state index contributed by atoms with van der Waals surface area (Å²) in [6.07, 6.45) is 0. The third kappa shape index (κ3) is 4.32. The van der Waals surface area contributed by atoms with Crippen LogP contribution in [-0.4, -0.2) is 9.55 Å². The van der Waals surface area contributed by atoms with E-state index < -0.39 is 0 Å². The summed E-state index contributed by atoms with van der Waals surface area (Å²) in [6.45, 7) is 0. The summed E-state index contributed by atoms with van der Waals surface area (Å²) in [7, 11) is 0. The first-order chi connectivity index (χ1) is 25.3. The molecule has 0 fully saturated rings. The van der Waals surface area contributed by atoms with Gasteiger partial charge in [0.15, 0.2) is 0 Å². The lowest BCUT2D eigenvalue weighted by molar-refractivity contribution is 0.669. The first kappa shape index (κ1) is 28.0. The van der Waals surface area contributed by atoms with E-state index in [4.69, 9.17) is 4.42 Å². The van der Waals surface area contributed by atoms with E-state index >= 15 is 0 Å². The van der Waals surface area contributed by atoms with Crippen LogP contribution < -0.4 is 0 Å². The summed E-state index contributed by atoms with van der Waals surface area (Å²) in [4.78, 5) is 3.79. The molecule has 0 aliphatic rings. The van der Waals surface area contributed by atoms with E-state index in [0.29, 0.717) is 0 Å². The highest BCUT2D eigenvalue weighted by molar-refractivity contribution is 6.14. The van der Waals surface area contributed by atoms with Crippen LogP contribution in [0.1, 0.15) is 0 Å². The molecule has 0 bridgehead atoms. The minimum atomic E-state index is 0.915. The number of fused-ring (bicyclic) bond motifs is 9. The number of rotatable bonds is 4. The van der Waals surface area contributed by atoms with Crippen LogP contribution in [0.25, 0.3) is 105 Å². The van der Waals surface area contributed by atoms with E-state index in [1.165, 1.54) is 66.0 Å². The highest BCUT2D eigenvalue weighted by atomic mass is 16.3. The summed E-state index contributed by atoms with van der Waals surface area (Å²) in [5, 5.41) is 7.27. The molecule has 0 aliphatic heterocycles. The Balaban J connectivity index is 1.00. The maximum Gasteiger partial charge on any atom is 0.135 e. The van der Waals surface area contributed by atoms with E-state index in [1.54, 1.807) is 0 Å². The summed E-state index contributed by atoms with van der Waals surface area (Å²) < 4.78 is 8.48. The van der Waals surface area contributed by atoms with Gasteiger partial charge in [-0.15, -0.1) is 0 Å². The van der Waals surface area contributed by atoms with Crippen LogP contribution in [0.5, 0.6) is 0 Å². The normalized spacial score (nSPS) is 11.9. The number of hydrogen-bond acceptors (Lipinski definition) is 1. The first-order valence-corrected chi connectivity index (χ1v) is 17.4. The zero-order valence-corrected chi connectivity index (χ0v) is 27.6. The number of aromatic nitrogens is 2. The Labute approximate surface area is 293 Å². The van der Waals surface area contributed by atoms with Crippen LogP contribution in [0.2, 0.25) is 0 Å². The van der Waals surface area contributed by atoms with Crippen molar-refractivity contribution in [3.8, 4) is 39.1 Å². The van der Waals surface area contributed by atoms with Gasteiger partial charge < -0.3 is 14.0 Å². The molecule has 3 heteroatoms. The molecular formula is C48H30N2O. The molecule has 0 amide bonds. The highest BCUT2D eigenvalue weighted by Gasteiger charge is 2.15. The number of furan rings is 1. The molecule has 11 aromatic rings. The van der Waals surface area contributed by atoms with Crippen molar-refractivity contribution in [1.82, 2.24) is 9.55 Å². The number of para-hydroxylation sites is 4. The van der Waals surface area contributed by atoms with Crippen molar-refractivity contribution < 1.29 is 4.42 Å². The fourth-order valence-corrected chi connectivity index (χ4v) is 8.14. The molecule has 238 valence electrons. The predicted octanol–water partition coefficient (Wildman–Crippen LogP) is 13.3. The zero-order valence-electron chi connectivity index (χ0n) is 27.6. The Morgan fingerprint density at radius 1 is 0.373 bits per heavy atom. The van der Waals surface area contributed by atoms with Crippen molar-refractivity contribution in [2.24, 2.45) is 0 Å². The maximum atomic E-state index is 6.09. The van der Waals surface area contributed by atoms with Crippen LogP contribution in [-0.2, 0) is 0 Å². The van der Waals surface area contributed by atoms with Crippen LogP contribution in [0, 0.1) is 0 Å². The lowest BCUT2D eigenvalue weighted by atomic mass is 9.95. The number of nitrogens with zero attached hydrogens (tertiary/aromatic N) is 1. The molecule has 0 aliphatic carbocycles. The van der Waals surface area contributed by atoms with Gasteiger partial charge >= 0.3 is 0 Å². The highest BCUT2D eigenvalue weighted by Crippen LogP contribution is 2.39. The number of H-pyrrole nitrogens is 1. The van der Waals surface area contributed by atoms with Crippen LogP contribution in [0.4, 0.5) is 0 Å². The van der Waals surface area contributed by atoms with E-state index in [-0.39, 0.29) is 0 Å². The minimum absolute atomic E-state index is 0.915. The Bertz CT molecular complexity index is 3100. The minimum Gasteiger partial charge on any atom is -0.456 e. The molecule has 0 radical (unpaired) electrons. The van der Waals surface area contributed by atoms with E-state index in [2.05, 4.69) is 173 Å². The Morgan fingerprint density at radius 2 is 0.961 bits per heavy atom. The number of nitrogens with one attached hydrogen (secondary N) is 1. The van der Waals surface area contributed by atoms with Gasteiger partial charge in [-0.25, -0.2) is 0 Å². The van der Waals surface area contributed by atoms with E-state index in [0.717, 1.165) is 38.7 Å². The molecule has 0 saturated heterocycles. The Kier molecular flexibility index (Phi) is 5.96. The second kappa shape index (κ2) is 10.8. The average molecular weight is 651 g/mol. The molecule has 3 nitrogen and oxygen atoms in total. The first-order valence-electron chi connectivity index (χ1n) is 17.4. The van der Waals surface area contributed by atoms with Gasteiger partial charge in [0.25, 0.3) is 0 Å². The summed E-state index contributed by atoms with van der Waals surface area (Å²) in [5.74, 6) is 0. The number of aromatic amines is 1. The van der Waals surface area contributed by atoms with Crippen molar-refractivity contribution in [3.05, 3.63) is 176 Å². The SMILES string of the molecule is c1cc(-c2cccc(-c3cccc4c3[nH]c3ccc(-n5c6ccccc6c6ccccc65)cc34)c2)cc(-c2ccc3oc4ccccc4c3c2)c1. The van der Waals surface area contributed by atoms with Gasteiger partial charge in [-0.3, -0.25) is 0 Å². The third-order valence-electron chi connectivity index (χ3n) is 10.5. The molecule has 3 aromatic heterocycles. The lowest BCUT2D eigenvalue weighted by Crippen LogP contribution is -1.93. The van der Waals surface area contributed by atoms with Crippen molar-refractivity contribution in [1.29, 1.82) is 0 Å². The van der Waals surface area contributed by atoms with Crippen LogP contribution in [0.15, 0.2) is 180 Å². The van der Waals surface area contributed by atoms with Gasteiger partial charge in [0, 0.05) is 49.1 Å². The molecule has 8 aromatic carbocycles. The standard InChI is InChI=1S/C48H30N2O/c1-4-19-44-37(14-1)38-15-2-5-20-45(38)50(44)35-23-24-43-41(29-35)40-18-9-17-36(48(40)49-43)34-13-8-12-32(27-34)30-10-7-11-31(26-30)33-22-25-47-42(28-33)39-16-3-6-21-46(39)51-47/h1-29,49H. The molecule has 1 N–H and O–H groups in total. The van der Waals surface area contributed by atoms with Crippen molar-refractivity contribution in [2.75, 3.05) is 0 Å². The smallest absolute Gasteiger partial charge is 0.135 e. The molecule has 0 spiro atoms. The molecule has 3 heterocycles. The van der Waals surface area contributed by atoms with E-state index in [9.17, 15) is 0 Å². The molecule has 11 rings (SSSR count). The summed E-state index contributed by atoms with van der Waals surface area (Å²) >= 11 is 0. The Morgan fingerprint density at radius 3 is 1.73 bits per heavy atom. The van der Waals surface area contributed by atoms with Gasteiger partial charge in [-0.1, -0.05) is 115 Å². The van der Waals surface area contributed by atoms with Crippen molar-refractivity contribution in [3.63, 3.8) is 0 Å². The molecule has 0 unspecified atom stereocenters. The van der Waals surface area contributed by atoms with Crippen molar-refractivity contribution >= 4 is 65.6 Å². The quantitative estimate of drug-likeness (QED) is 0.202. The molecule has 0 saturated carbocycles. The summed E-state index contributed by atoms with van der Waals surface area (Å²) in [5.41, 5.74) is 14.8. The fourth-order valence-electron chi connectivity index (χ4n) is 8.14. The van der Waals surface area contributed by atoms with Gasteiger partial charge in [-0.2, -0.15) is 0 Å². The second-order valence-electron chi connectivity index (χ2n) is 13.4. The van der Waals surface area contributed by atoms with Crippen molar-refractivity contribution in [2.45, 2.75) is 0 Å². The lowest BCUT2D eigenvalue weighted by Gasteiger charge is -2.10. The third-order valence-corrected chi connectivity index (χ3v) is 10.5. The molecular weight excluding hydrogens is 621 g/mol. The monoisotopic (exact) mass is 650 g/mol. The topological polar surface area (TPSA) is 33.9 Å². The van der Waals surface area contributed by atoms with Gasteiger partial charge in [0.2, 0.25) is 0 Å². The van der Waals surface area contributed by atoms with Crippen LogP contribution >= 0.6 is 0 Å². The predicted molar refractivity (Wildman–Crippen MR) is 214 cm³/mol. The average Bonchev–Trinajstić information content (AvgIpc) is 3.87. The van der Waals surface area contributed by atoms with Gasteiger partial charge in [0.05, 0.1) is 16.6 Å². The Hall–Kier alpha value is -6.84. The fraction of sp³-hybridized carbons (Fsp3) is 0.